The largest absolute Gasteiger partial charge is 0.413 e. The van der Waals surface area contributed by atoms with Gasteiger partial charge in [-0.15, -0.1) is 0 Å². The summed E-state index contributed by atoms with van der Waals surface area (Å²) in [7, 11) is 0. The first-order valence-corrected chi connectivity index (χ1v) is 5.28. The van der Waals surface area contributed by atoms with Gasteiger partial charge in [0.25, 0.3) is 0 Å². The lowest BCUT2D eigenvalue weighted by molar-refractivity contribution is -0.128. The van der Waals surface area contributed by atoms with Crippen molar-refractivity contribution in [2.24, 2.45) is 23.7 Å². The molecule has 17 heavy (non-hydrogen) atoms. The van der Waals surface area contributed by atoms with E-state index in [-0.39, 0.29) is 11.8 Å². The van der Waals surface area contributed by atoms with E-state index in [9.17, 15) is 26.3 Å². The molecule has 4 aliphatic rings. The Hall–Kier alpha value is -0.940. The smallest absolute Gasteiger partial charge is 0.166 e. The lowest BCUT2D eigenvalue weighted by atomic mass is 9.71. The molecule has 4 aliphatic carbocycles. The molecular weight excluding hydrogens is 246 g/mol. The summed E-state index contributed by atoms with van der Waals surface area (Å²) in [5.74, 6) is -2.62. The van der Waals surface area contributed by atoms with Crippen molar-refractivity contribution in [3.63, 3.8) is 0 Å². The molecule has 4 atom stereocenters. The number of rotatable bonds is 0. The van der Waals surface area contributed by atoms with Crippen LogP contribution in [0.3, 0.4) is 0 Å². The second-order valence-corrected chi connectivity index (χ2v) is 4.82. The number of hydrogen-bond acceptors (Lipinski definition) is 0. The summed E-state index contributed by atoms with van der Waals surface area (Å²) < 4.78 is 76.7. The van der Waals surface area contributed by atoms with Gasteiger partial charge in [0.1, 0.15) is 0 Å². The zero-order valence-corrected chi connectivity index (χ0v) is 8.44. The van der Waals surface area contributed by atoms with Crippen LogP contribution in [0.25, 0.3) is 0 Å². The maximum atomic E-state index is 12.8. The van der Waals surface area contributed by atoms with Crippen molar-refractivity contribution in [2.45, 2.75) is 18.8 Å². The summed E-state index contributed by atoms with van der Waals surface area (Å²) in [6.45, 7) is 0. The molecule has 94 valence electrons. The van der Waals surface area contributed by atoms with E-state index in [0.717, 1.165) is 0 Å². The topological polar surface area (TPSA) is 0 Å². The van der Waals surface area contributed by atoms with Crippen molar-refractivity contribution in [1.29, 1.82) is 0 Å². The average Bonchev–Trinajstić information content (AvgIpc) is 2.93. The van der Waals surface area contributed by atoms with Crippen LogP contribution in [0.15, 0.2) is 23.3 Å². The normalized spacial score (nSPS) is 39.6. The van der Waals surface area contributed by atoms with E-state index < -0.39 is 35.3 Å². The Bertz CT molecular complexity index is 386. The molecule has 6 heteroatoms. The van der Waals surface area contributed by atoms with Crippen LogP contribution in [0.4, 0.5) is 26.3 Å². The second-order valence-electron chi connectivity index (χ2n) is 4.82. The molecule has 0 aromatic rings. The highest BCUT2D eigenvalue weighted by molar-refractivity contribution is 5.44. The van der Waals surface area contributed by atoms with Crippen LogP contribution in [-0.4, -0.2) is 12.4 Å². The van der Waals surface area contributed by atoms with E-state index in [2.05, 4.69) is 0 Å². The first kappa shape index (κ1) is 11.2. The molecule has 0 nitrogen and oxygen atoms in total. The first-order chi connectivity index (χ1) is 7.71. The third-order valence-electron chi connectivity index (χ3n) is 3.91. The van der Waals surface area contributed by atoms with Gasteiger partial charge in [-0.1, -0.05) is 12.2 Å². The monoisotopic (exact) mass is 254 g/mol. The molecule has 0 radical (unpaired) electrons. The minimum Gasteiger partial charge on any atom is -0.166 e. The molecular formula is C11H8F6. The van der Waals surface area contributed by atoms with Crippen molar-refractivity contribution in [2.75, 3.05) is 0 Å². The number of halogens is 6. The van der Waals surface area contributed by atoms with Crippen LogP contribution in [-0.2, 0) is 0 Å². The Morgan fingerprint density at radius 2 is 1.12 bits per heavy atom. The van der Waals surface area contributed by atoms with Crippen LogP contribution < -0.4 is 0 Å². The molecule has 0 heterocycles. The Morgan fingerprint density at radius 1 is 0.765 bits per heavy atom. The predicted molar refractivity (Wildman–Crippen MR) is 46.9 cm³/mol. The van der Waals surface area contributed by atoms with E-state index in [1.807, 2.05) is 0 Å². The first-order valence-electron chi connectivity index (χ1n) is 5.28. The number of allylic oxidation sites excluding steroid dienone is 4. The van der Waals surface area contributed by atoms with Crippen molar-refractivity contribution in [3.05, 3.63) is 23.3 Å². The Morgan fingerprint density at radius 3 is 1.41 bits per heavy atom. The molecule has 2 bridgehead atoms. The zero-order valence-electron chi connectivity index (χ0n) is 8.44. The minimum absolute atomic E-state index is 0.229. The van der Waals surface area contributed by atoms with Gasteiger partial charge < -0.3 is 0 Å². The van der Waals surface area contributed by atoms with E-state index in [4.69, 9.17) is 0 Å². The standard InChI is InChI=1S/C11H8F6/c12-10(13,14)8-4-1-2-5(7-3-6(4)7)9(8)11(15,16)17/h1-2,4-7H,3H2/t4-,5+,6-,7+. The van der Waals surface area contributed by atoms with Gasteiger partial charge in [0.05, 0.1) is 0 Å². The van der Waals surface area contributed by atoms with E-state index in [1.54, 1.807) is 0 Å². The predicted octanol–water partition coefficient (Wildman–Crippen LogP) is 3.86. The van der Waals surface area contributed by atoms with E-state index in [1.165, 1.54) is 12.2 Å². The van der Waals surface area contributed by atoms with Gasteiger partial charge >= 0.3 is 12.4 Å². The third kappa shape index (κ3) is 1.45. The third-order valence-corrected chi connectivity index (χ3v) is 3.91. The summed E-state index contributed by atoms with van der Waals surface area (Å²) in [6.07, 6.45) is -6.69. The van der Waals surface area contributed by atoms with Gasteiger partial charge in [0.15, 0.2) is 0 Å². The van der Waals surface area contributed by atoms with Gasteiger partial charge in [-0.3, -0.25) is 0 Å². The molecule has 0 spiro atoms. The lowest BCUT2D eigenvalue weighted by Crippen LogP contribution is -2.37. The molecule has 4 rings (SSSR count). The SMILES string of the molecule is FC(F)(F)C1=C(C(F)(F)F)[C@@H]2C=C[C@H]1[C@@H]1C[C@@H]12. The van der Waals surface area contributed by atoms with Crippen LogP contribution in [0, 0.1) is 23.7 Å². The van der Waals surface area contributed by atoms with Gasteiger partial charge in [-0.2, -0.15) is 26.3 Å². The summed E-state index contributed by atoms with van der Waals surface area (Å²) in [4.78, 5) is 0. The maximum Gasteiger partial charge on any atom is 0.413 e. The highest BCUT2D eigenvalue weighted by Gasteiger charge is 2.64. The molecule has 0 N–H and O–H groups in total. The molecule has 0 unspecified atom stereocenters. The zero-order chi connectivity index (χ0) is 12.6. The molecule has 1 fully saturated rings. The van der Waals surface area contributed by atoms with Crippen LogP contribution in [0.2, 0.25) is 0 Å². The quantitative estimate of drug-likeness (QED) is 0.455. The Balaban J connectivity index is 2.17. The molecule has 0 saturated heterocycles. The van der Waals surface area contributed by atoms with Crippen molar-refractivity contribution >= 4 is 0 Å². The lowest BCUT2D eigenvalue weighted by Gasteiger charge is -2.37. The fraction of sp³-hybridized carbons (Fsp3) is 0.636. The summed E-state index contributed by atoms with van der Waals surface area (Å²) in [5.41, 5.74) is -2.70. The van der Waals surface area contributed by atoms with Crippen LogP contribution in [0.1, 0.15) is 6.42 Å². The minimum atomic E-state index is -4.88. The van der Waals surface area contributed by atoms with Crippen molar-refractivity contribution in [3.8, 4) is 0 Å². The number of hydrogen-bond donors (Lipinski definition) is 0. The highest BCUT2D eigenvalue weighted by Crippen LogP contribution is 2.65. The molecule has 1 saturated carbocycles. The van der Waals surface area contributed by atoms with Crippen LogP contribution >= 0.6 is 0 Å². The highest BCUT2D eigenvalue weighted by atomic mass is 19.4. The second kappa shape index (κ2) is 2.90. The van der Waals surface area contributed by atoms with E-state index in [0.29, 0.717) is 6.42 Å². The maximum absolute atomic E-state index is 12.8. The van der Waals surface area contributed by atoms with Gasteiger partial charge in [-0.05, 0) is 18.3 Å². The van der Waals surface area contributed by atoms with Gasteiger partial charge in [-0.25, -0.2) is 0 Å². The van der Waals surface area contributed by atoms with E-state index >= 15 is 0 Å². The summed E-state index contributed by atoms with van der Waals surface area (Å²) >= 11 is 0. The molecule has 0 amide bonds. The fourth-order valence-corrected chi connectivity index (χ4v) is 3.25. The van der Waals surface area contributed by atoms with Gasteiger partial charge in [0.2, 0.25) is 0 Å². The summed E-state index contributed by atoms with van der Waals surface area (Å²) in [6, 6.07) is 0. The van der Waals surface area contributed by atoms with Crippen LogP contribution in [0.5, 0.6) is 0 Å². The molecule has 0 aromatic heterocycles. The summed E-state index contributed by atoms with van der Waals surface area (Å²) in [5, 5.41) is 0. The van der Waals surface area contributed by atoms with Crippen molar-refractivity contribution in [1.82, 2.24) is 0 Å². The molecule has 0 aliphatic heterocycles. The fourth-order valence-electron chi connectivity index (χ4n) is 3.25. The number of alkyl halides is 6. The van der Waals surface area contributed by atoms with Gasteiger partial charge in [0, 0.05) is 23.0 Å². The molecule has 0 aromatic carbocycles. The Kier molecular flexibility index (Phi) is 1.90. The Labute approximate surface area is 93.0 Å². The van der Waals surface area contributed by atoms with Crippen molar-refractivity contribution < 1.29 is 26.3 Å². The average molecular weight is 254 g/mol.